The molecular weight excluding hydrogens is 1450 g/mol. The fourth-order valence-electron chi connectivity index (χ4n) is 19.9. The van der Waals surface area contributed by atoms with Gasteiger partial charge in [0.1, 0.15) is 11.5 Å². The maximum absolute atomic E-state index is 11.1. The molecular formula is C113H72N4O2. The molecule has 6 heteroatoms. The SMILES string of the molecule is Oc1ccc2c(c1)/C(=C\c1c[nH]c3ccccc13)c1cc(-c3ccc(C(c4ccc(-c5ccc6c(c5)/C(=C/c5c[nH]c7ccccc57)c5cc(O)ccc5-6)cc4)(c4ccc(-c5ccc6c(c5)/C(=C/c5c[nH]c7ccccc57)c5ccccc5-6)cc4)c4ccc(-c5ccc6c(c5)/C(=C/c5c[nH]c7ccccc57)c5ccccc5-6)cc4)cc3)ccc1-2. The third-order valence-electron chi connectivity index (χ3n) is 25.7. The number of aromatic amines is 4. The number of para-hydroxylation sites is 4. The predicted octanol–water partition coefficient (Wildman–Crippen LogP) is 28.4. The van der Waals surface area contributed by atoms with E-state index in [4.69, 9.17) is 0 Å². The van der Waals surface area contributed by atoms with Crippen LogP contribution in [-0.2, 0) is 5.41 Å². The standard InChI is InChI=1S/C113H72N4O2/c118-83-45-51-97-95-49-35-73(55-101(95)105(107(97)61-83)59-77-65-116-111-23-11-7-15-87(77)111)69-29-41-81(42-30-69)113(79-37-25-67(26-38-79)71-33-47-93-89-17-1-3-19-91(89)103(99(93)53-71)57-75-63-114-109-21-9-5-13-85(75)109,80-39-27-68(28-40-80)72-34-48-94-90-18-2-4-20-92(90)104(100(94)54-72)58-76-64-115-110-22-10-6-14-86(76)110)82-43-31-70(32-44-82)74-36-50-96-98-52-46-84(119)62-108(98)106(102(96)56-74)60-78-66-117-112-24-12-8-16-88(78)112/h1-66,114-119H/b103-57+,104-58+,105-59-,106-60-. The van der Waals surface area contributed by atoms with E-state index < -0.39 is 5.41 Å². The van der Waals surface area contributed by atoms with Gasteiger partial charge in [0.2, 0.25) is 0 Å². The van der Waals surface area contributed by atoms with E-state index in [1.54, 1.807) is 12.1 Å². The molecule has 4 aromatic heterocycles. The van der Waals surface area contributed by atoms with Crippen LogP contribution >= 0.6 is 0 Å². The monoisotopic (exact) mass is 1520 g/mol. The van der Waals surface area contributed by atoms with Crippen molar-refractivity contribution in [2.75, 3.05) is 0 Å². The molecule has 0 fully saturated rings. The van der Waals surface area contributed by atoms with E-state index in [2.05, 4.69) is 397 Å². The Morgan fingerprint density at radius 1 is 0.185 bits per heavy atom. The summed E-state index contributed by atoms with van der Waals surface area (Å²) in [4.78, 5) is 14.1. The van der Waals surface area contributed by atoms with Crippen LogP contribution in [0.2, 0.25) is 0 Å². The van der Waals surface area contributed by atoms with Crippen molar-refractivity contribution >= 4 is 90.2 Å². The Morgan fingerprint density at radius 2 is 0.395 bits per heavy atom. The molecule has 119 heavy (non-hydrogen) atoms. The molecule has 0 saturated heterocycles. The Labute approximate surface area is 687 Å². The molecule has 0 atom stereocenters. The number of nitrogens with one attached hydrogen (secondary N) is 4. The quantitative estimate of drug-likeness (QED) is 0.0686. The molecule has 4 aliphatic carbocycles. The molecule has 0 amide bonds. The molecule has 0 radical (unpaired) electrons. The van der Waals surface area contributed by atoms with Gasteiger partial charge in [0.15, 0.2) is 0 Å². The van der Waals surface area contributed by atoms with Crippen molar-refractivity contribution in [2.45, 2.75) is 5.41 Å². The summed E-state index contributed by atoms with van der Waals surface area (Å²) in [5.74, 6) is 0.469. The van der Waals surface area contributed by atoms with Crippen LogP contribution in [0.3, 0.4) is 0 Å². The van der Waals surface area contributed by atoms with E-state index >= 15 is 0 Å². The Hall–Kier alpha value is -15.8. The second kappa shape index (κ2) is 26.7. The number of hydrogen-bond acceptors (Lipinski definition) is 2. The normalized spacial score (nSPS) is 14.2. The minimum Gasteiger partial charge on any atom is -0.508 e. The fourth-order valence-corrected chi connectivity index (χ4v) is 19.9. The van der Waals surface area contributed by atoms with Gasteiger partial charge in [0.25, 0.3) is 0 Å². The summed E-state index contributed by atoms with van der Waals surface area (Å²) in [6.07, 6.45) is 17.7. The number of hydrogen-bond donors (Lipinski definition) is 6. The lowest BCUT2D eigenvalue weighted by atomic mass is 9.64. The zero-order valence-corrected chi connectivity index (χ0v) is 64.5. The largest absolute Gasteiger partial charge is 0.508 e. The molecule has 4 heterocycles. The first kappa shape index (κ1) is 67.7. The van der Waals surface area contributed by atoms with Gasteiger partial charge in [-0.1, -0.05) is 279 Å². The van der Waals surface area contributed by atoms with Gasteiger partial charge in [-0.05, 0) is 275 Å². The van der Waals surface area contributed by atoms with E-state index in [1.165, 1.54) is 66.4 Å². The lowest BCUT2D eigenvalue weighted by Crippen LogP contribution is -2.31. The smallest absolute Gasteiger partial charge is 0.116 e. The highest BCUT2D eigenvalue weighted by molar-refractivity contribution is 6.14. The van der Waals surface area contributed by atoms with Crippen molar-refractivity contribution < 1.29 is 10.2 Å². The second-order valence-electron chi connectivity index (χ2n) is 32.0. The predicted molar refractivity (Wildman–Crippen MR) is 493 cm³/mol. The molecule has 556 valence electrons. The van der Waals surface area contributed by atoms with Crippen molar-refractivity contribution in [3.05, 3.63) is 466 Å². The third-order valence-corrected chi connectivity index (χ3v) is 25.7. The van der Waals surface area contributed by atoms with Gasteiger partial charge in [0, 0.05) is 90.7 Å². The first-order valence-electron chi connectivity index (χ1n) is 40.7. The number of fused-ring (bicyclic) bond motifs is 16. The molecule has 0 spiro atoms. The van der Waals surface area contributed by atoms with Crippen LogP contribution < -0.4 is 0 Å². The maximum Gasteiger partial charge on any atom is 0.116 e. The minimum absolute atomic E-state index is 0.235. The lowest BCUT2D eigenvalue weighted by molar-refractivity contribution is 0.474. The zero-order chi connectivity index (χ0) is 78.6. The van der Waals surface area contributed by atoms with Crippen molar-refractivity contribution in [1.82, 2.24) is 19.9 Å². The molecule has 0 bridgehead atoms. The van der Waals surface area contributed by atoms with Gasteiger partial charge in [-0.15, -0.1) is 0 Å². The average molecular weight is 1520 g/mol. The topological polar surface area (TPSA) is 104 Å². The van der Waals surface area contributed by atoms with Gasteiger partial charge in [-0.3, -0.25) is 0 Å². The van der Waals surface area contributed by atoms with E-state index in [0.717, 1.165) is 178 Å². The van der Waals surface area contributed by atoms with Crippen LogP contribution in [0.25, 0.3) is 179 Å². The van der Waals surface area contributed by atoms with Crippen LogP contribution in [0.4, 0.5) is 0 Å². The van der Waals surface area contributed by atoms with E-state index in [-0.39, 0.29) is 11.5 Å². The molecule has 24 rings (SSSR count). The highest BCUT2D eigenvalue weighted by Gasteiger charge is 2.40. The summed E-state index contributed by atoms with van der Waals surface area (Å²) in [6.45, 7) is 0. The fraction of sp³-hybridized carbons (Fsp3) is 0.00885. The molecule has 0 aliphatic heterocycles. The summed E-state index contributed by atoms with van der Waals surface area (Å²) in [5.41, 5.74) is 44.3. The van der Waals surface area contributed by atoms with Crippen LogP contribution in [0, 0.1) is 0 Å². The Balaban J connectivity index is 0.679. The molecule has 6 N–H and O–H groups in total. The van der Waals surface area contributed by atoms with Gasteiger partial charge < -0.3 is 30.1 Å². The molecule has 16 aromatic carbocycles. The second-order valence-corrected chi connectivity index (χ2v) is 32.0. The summed E-state index contributed by atoms with van der Waals surface area (Å²) in [6, 6.07) is 128. The number of rotatable bonds is 12. The number of aromatic nitrogens is 4. The summed E-state index contributed by atoms with van der Waals surface area (Å²) >= 11 is 0. The van der Waals surface area contributed by atoms with Crippen molar-refractivity contribution in [1.29, 1.82) is 0 Å². The van der Waals surface area contributed by atoms with Crippen molar-refractivity contribution in [2.24, 2.45) is 0 Å². The van der Waals surface area contributed by atoms with Gasteiger partial charge in [-0.2, -0.15) is 0 Å². The number of H-pyrrole nitrogens is 4. The molecule has 4 aliphatic rings. The first-order valence-corrected chi connectivity index (χ1v) is 40.7. The summed E-state index contributed by atoms with van der Waals surface area (Å²) in [5, 5.41) is 26.9. The number of benzene rings is 16. The van der Waals surface area contributed by atoms with Crippen LogP contribution in [0.15, 0.2) is 377 Å². The zero-order valence-electron chi connectivity index (χ0n) is 64.5. The number of phenolic OH excluding ortho intramolecular Hbond substituents is 2. The molecule has 0 saturated carbocycles. The molecule has 0 unspecified atom stereocenters. The van der Waals surface area contributed by atoms with Crippen LogP contribution in [0.5, 0.6) is 11.5 Å². The van der Waals surface area contributed by atoms with E-state index in [1.807, 2.05) is 12.1 Å². The van der Waals surface area contributed by atoms with Crippen molar-refractivity contribution in [3.8, 4) is 101 Å². The van der Waals surface area contributed by atoms with E-state index in [9.17, 15) is 10.2 Å². The van der Waals surface area contributed by atoms with Crippen LogP contribution in [-0.4, -0.2) is 30.1 Å². The maximum atomic E-state index is 11.1. The Morgan fingerprint density at radius 3 is 0.672 bits per heavy atom. The first-order chi connectivity index (χ1) is 58.7. The van der Waals surface area contributed by atoms with Crippen LogP contribution in [0.1, 0.15) is 89.0 Å². The van der Waals surface area contributed by atoms with E-state index in [0.29, 0.717) is 0 Å². The molecule has 6 nitrogen and oxygen atoms in total. The summed E-state index contributed by atoms with van der Waals surface area (Å²) < 4.78 is 0. The highest BCUT2D eigenvalue weighted by atomic mass is 16.3. The number of phenols is 2. The minimum atomic E-state index is -0.911. The summed E-state index contributed by atoms with van der Waals surface area (Å²) in [7, 11) is 0. The van der Waals surface area contributed by atoms with Gasteiger partial charge >= 0.3 is 0 Å². The lowest BCUT2D eigenvalue weighted by Gasteiger charge is -2.37. The van der Waals surface area contributed by atoms with Gasteiger partial charge in [0.05, 0.1) is 5.41 Å². The van der Waals surface area contributed by atoms with Gasteiger partial charge in [-0.25, -0.2) is 0 Å². The Kier molecular flexibility index (Phi) is 15.2. The highest BCUT2D eigenvalue weighted by Crippen LogP contribution is 2.55. The van der Waals surface area contributed by atoms with Crippen molar-refractivity contribution in [3.63, 3.8) is 0 Å². The Bertz CT molecular complexity index is 7320. The third kappa shape index (κ3) is 10.8. The molecule has 20 aromatic rings. The number of aromatic hydroxyl groups is 2. The average Bonchev–Trinajstić information content (AvgIpc) is 1.43.